The predicted octanol–water partition coefficient (Wildman–Crippen LogP) is 5.62. The van der Waals surface area contributed by atoms with Crippen LogP contribution in [0.15, 0.2) is 18.2 Å². The van der Waals surface area contributed by atoms with E-state index in [0.717, 1.165) is 51.2 Å². The molecule has 0 unspecified atom stereocenters. The molecule has 0 N–H and O–H groups in total. The molecule has 0 radical (unpaired) electrons. The molecule has 180 valence electrons. The summed E-state index contributed by atoms with van der Waals surface area (Å²) in [4.78, 5) is 7.86. The van der Waals surface area contributed by atoms with Gasteiger partial charge < -0.3 is 14.5 Å². The molecule has 4 nitrogen and oxygen atoms in total. The van der Waals surface area contributed by atoms with Crippen molar-refractivity contribution in [1.29, 1.82) is 0 Å². The Labute approximate surface area is 197 Å². The number of rotatable bonds is 5. The van der Waals surface area contributed by atoms with E-state index >= 15 is 0 Å². The van der Waals surface area contributed by atoms with E-state index in [2.05, 4.69) is 67.5 Å². The fourth-order valence-corrected chi connectivity index (χ4v) is 6.13. The Morgan fingerprint density at radius 1 is 0.875 bits per heavy atom. The van der Waals surface area contributed by atoms with E-state index < -0.39 is 0 Å². The second-order valence-corrected chi connectivity index (χ2v) is 11.9. The van der Waals surface area contributed by atoms with Crippen molar-refractivity contribution in [3.8, 4) is 0 Å². The number of hydrogen-bond donors (Lipinski definition) is 0. The molecule has 0 aromatic heterocycles. The molecule has 1 saturated carbocycles. The Balaban J connectivity index is 1.53. The van der Waals surface area contributed by atoms with E-state index in [1.807, 2.05) is 0 Å². The van der Waals surface area contributed by atoms with E-state index in [0.29, 0.717) is 11.3 Å². The summed E-state index contributed by atoms with van der Waals surface area (Å²) < 4.78 is 5.61. The first-order valence-corrected chi connectivity index (χ1v) is 13.2. The number of piperazine rings is 1. The maximum atomic E-state index is 5.61. The summed E-state index contributed by atoms with van der Waals surface area (Å²) in [7, 11) is 0. The second kappa shape index (κ2) is 10.3. The largest absolute Gasteiger partial charge is 0.378 e. The SMILES string of the molecule is CC(C)CN1CCN(c2ccc(N3CCOCC3)cc2C2CCC(C(C)(C)C)CC2)CC1. The number of anilines is 2. The van der Waals surface area contributed by atoms with Crippen molar-refractivity contribution in [1.82, 2.24) is 4.90 Å². The summed E-state index contributed by atoms with van der Waals surface area (Å²) >= 11 is 0. The van der Waals surface area contributed by atoms with Crippen molar-refractivity contribution in [3.05, 3.63) is 23.8 Å². The Morgan fingerprint density at radius 3 is 2.12 bits per heavy atom. The molecular formula is C28H47N3O. The lowest BCUT2D eigenvalue weighted by atomic mass is 9.68. The molecule has 0 spiro atoms. The number of nitrogens with zero attached hydrogens (tertiary/aromatic N) is 3. The quantitative estimate of drug-likeness (QED) is 0.590. The maximum absolute atomic E-state index is 5.61. The van der Waals surface area contributed by atoms with Crippen LogP contribution < -0.4 is 9.80 Å². The highest BCUT2D eigenvalue weighted by Crippen LogP contribution is 2.46. The fraction of sp³-hybridized carbons (Fsp3) is 0.786. The first-order chi connectivity index (χ1) is 15.3. The Hall–Kier alpha value is -1.26. The minimum absolute atomic E-state index is 0.441. The predicted molar refractivity (Wildman–Crippen MR) is 137 cm³/mol. The van der Waals surface area contributed by atoms with E-state index in [-0.39, 0.29) is 0 Å². The van der Waals surface area contributed by atoms with Crippen LogP contribution in [0.2, 0.25) is 0 Å². The van der Waals surface area contributed by atoms with Gasteiger partial charge in [0.25, 0.3) is 0 Å². The van der Waals surface area contributed by atoms with Gasteiger partial charge in [0.1, 0.15) is 0 Å². The number of hydrogen-bond acceptors (Lipinski definition) is 4. The van der Waals surface area contributed by atoms with Crippen LogP contribution in [0.4, 0.5) is 11.4 Å². The molecule has 1 aliphatic carbocycles. The molecule has 2 aliphatic heterocycles. The number of ether oxygens (including phenoxy) is 1. The lowest BCUT2D eigenvalue weighted by molar-refractivity contribution is 0.122. The van der Waals surface area contributed by atoms with E-state index in [1.165, 1.54) is 56.7 Å². The van der Waals surface area contributed by atoms with Crippen molar-refractivity contribution >= 4 is 11.4 Å². The zero-order valence-electron chi connectivity index (χ0n) is 21.4. The topological polar surface area (TPSA) is 19.0 Å². The molecule has 1 aromatic rings. The van der Waals surface area contributed by atoms with E-state index in [9.17, 15) is 0 Å². The first kappa shape index (κ1) is 23.9. The van der Waals surface area contributed by atoms with Crippen LogP contribution in [0.5, 0.6) is 0 Å². The Bertz CT molecular complexity index is 719. The van der Waals surface area contributed by atoms with Gasteiger partial charge in [0, 0.05) is 57.2 Å². The van der Waals surface area contributed by atoms with Crippen molar-refractivity contribution in [2.24, 2.45) is 17.3 Å². The molecule has 4 heteroatoms. The van der Waals surface area contributed by atoms with Crippen molar-refractivity contribution in [3.63, 3.8) is 0 Å². The standard InChI is InChI=1S/C28H47N3O/c1-22(2)21-29-12-14-31(15-13-29)27-11-10-25(30-16-18-32-19-17-30)20-26(27)23-6-8-24(9-7-23)28(3,4)5/h10-11,20,22-24H,6-9,12-19,21H2,1-5H3. The van der Waals surface area contributed by atoms with Gasteiger partial charge in [-0.25, -0.2) is 0 Å². The van der Waals surface area contributed by atoms with Crippen molar-refractivity contribution in [2.45, 2.75) is 66.2 Å². The summed E-state index contributed by atoms with van der Waals surface area (Å²) in [5, 5.41) is 0. The monoisotopic (exact) mass is 441 g/mol. The third-order valence-electron chi connectivity index (χ3n) is 8.12. The highest BCUT2D eigenvalue weighted by atomic mass is 16.5. The van der Waals surface area contributed by atoms with Crippen LogP contribution in [-0.2, 0) is 4.74 Å². The van der Waals surface area contributed by atoms with Crippen molar-refractivity contribution in [2.75, 3.05) is 68.8 Å². The van der Waals surface area contributed by atoms with Crippen LogP contribution in [0.25, 0.3) is 0 Å². The second-order valence-electron chi connectivity index (χ2n) is 11.9. The average molecular weight is 442 g/mol. The molecule has 3 aliphatic rings. The summed E-state index contributed by atoms with van der Waals surface area (Å²) in [5.41, 5.74) is 4.99. The van der Waals surface area contributed by atoms with Gasteiger partial charge in [-0.05, 0) is 72.6 Å². The van der Waals surface area contributed by atoms with Gasteiger partial charge in [0.2, 0.25) is 0 Å². The molecule has 3 fully saturated rings. The molecule has 0 atom stereocenters. The highest BCUT2D eigenvalue weighted by molar-refractivity contribution is 5.63. The van der Waals surface area contributed by atoms with E-state index in [4.69, 9.17) is 4.74 Å². The van der Waals surface area contributed by atoms with Crippen LogP contribution in [0, 0.1) is 17.3 Å². The summed E-state index contributed by atoms with van der Waals surface area (Å²) in [6.45, 7) is 21.6. The molecule has 32 heavy (non-hydrogen) atoms. The third-order valence-corrected chi connectivity index (χ3v) is 8.12. The zero-order valence-corrected chi connectivity index (χ0v) is 21.4. The fourth-order valence-electron chi connectivity index (χ4n) is 6.13. The molecule has 2 heterocycles. The first-order valence-electron chi connectivity index (χ1n) is 13.2. The number of benzene rings is 1. The normalized spacial score (nSPS) is 26.1. The third kappa shape index (κ3) is 5.80. The zero-order chi connectivity index (χ0) is 22.7. The van der Waals surface area contributed by atoms with Crippen LogP contribution in [0.3, 0.4) is 0 Å². The van der Waals surface area contributed by atoms with Gasteiger partial charge in [0.15, 0.2) is 0 Å². The Kier molecular flexibility index (Phi) is 7.72. The van der Waals surface area contributed by atoms with E-state index in [1.54, 1.807) is 5.56 Å². The van der Waals surface area contributed by atoms with Gasteiger partial charge >= 0.3 is 0 Å². The molecule has 2 saturated heterocycles. The minimum Gasteiger partial charge on any atom is -0.378 e. The van der Waals surface area contributed by atoms with Gasteiger partial charge in [-0.15, -0.1) is 0 Å². The Morgan fingerprint density at radius 2 is 1.53 bits per heavy atom. The van der Waals surface area contributed by atoms with Gasteiger partial charge in [-0.3, -0.25) is 4.90 Å². The molecule has 0 amide bonds. The summed E-state index contributed by atoms with van der Waals surface area (Å²) in [6, 6.07) is 7.39. The molecular weight excluding hydrogens is 394 g/mol. The summed E-state index contributed by atoms with van der Waals surface area (Å²) in [5.74, 6) is 2.32. The van der Waals surface area contributed by atoms with Crippen molar-refractivity contribution < 1.29 is 4.74 Å². The molecule has 4 rings (SSSR count). The van der Waals surface area contributed by atoms with Gasteiger partial charge in [0.05, 0.1) is 13.2 Å². The number of morpholine rings is 1. The lowest BCUT2D eigenvalue weighted by Crippen LogP contribution is -2.47. The average Bonchev–Trinajstić information content (AvgIpc) is 2.79. The van der Waals surface area contributed by atoms with Crippen LogP contribution >= 0.6 is 0 Å². The summed E-state index contributed by atoms with van der Waals surface area (Å²) in [6.07, 6.45) is 5.43. The molecule has 0 bridgehead atoms. The smallest absolute Gasteiger partial charge is 0.0642 e. The minimum atomic E-state index is 0.441. The van der Waals surface area contributed by atoms with Crippen LogP contribution in [-0.4, -0.2) is 63.9 Å². The van der Waals surface area contributed by atoms with Gasteiger partial charge in [-0.2, -0.15) is 0 Å². The van der Waals surface area contributed by atoms with Crippen LogP contribution in [0.1, 0.15) is 71.8 Å². The maximum Gasteiger partial charge on any atom is 0.0642 e. The lowest BCUT2D eigenvalue weighted by Gasteiger charge is -2.41. The van der Waals surface area contributed by atoms with Gasteiger partial charge in [-0.1, -0.05) is 34.6 Å². The molecule has 1 aromatic carbocycles. The highest BCUT2D eigenvalue weighted by Gasteiger charge is 2.32.